The third-order valence-electron chi connectivity index (χ3n) is 4.75. The second-order valence-corrected chi connectivity index (χ2v) is 6.03. The molecule has 2 atom stereocenters. The first-order chi connectivity index (χ1) is 8.31. The Morgan fingerprint density at radius 3 is 3.00 bits per heavy atom. The summed E-state index contributed by atoms with van der Waals surface area (Å²) in [5.41, 5.74) is 0.0285. The van der Waals surface area contributed by atoms with Gasteiger partial charge in [-0.1, -0.05) is 0 Å². The van der Waals surface area contributed by atoms with Crippen molar-refractivity contribution in [2.75, 3.05) is 52.5 Å². The summed E-state index contributed by atoms with van der Waals surface area (Å²) in [6.45, 7) is 7.74. The molecule has 3 aliphatic rings. The molecule has 0 radical (unpaired) electrons. The molecule has 1 N–H and O–H groups in total. The van der Waals surface area contributed by atoms with Crippen molar-refractivity contribution < 1.29 is 9.84 Å². The third-order valence-corrected chi connectivity index (χ3v) is 4.75. The summed E-state index contributed by atoms with van der Waals surface area (Å²) in [6, 6.07) is 0.779. The molecule has 0 aliphatic carbocycles. The van der Waals surface area contributed by atoms with E-state index in [0.717, 1.165) is 38.8 Å². The molecule has 0 aromatic rings. The molecule has 4 heteroatoms. The molecular weight excluding hydrogens is 216 g/mol. The molecule has 3 aliphatic heterocycles. The topological polar surface area (TPSA) is 35.9 Å². The Bertz CT molecular complexity index is 266. The first-order valence-corrected chi connectivity index (χ1v) is 6.96. The largest absolute Gasteiger partial charge is 0.396 e. The van der Waals surface area contributed by atoms with Gasteiger partial charge in [0.1, 0.15) is 0 Å². The maximum Gasteiger partial charge on any atom is 0.0557 e. The summed E-state index contributed by atoms with van der Waals surface area (Å²) < 4.78 is 5.48. The monoisotopic (exact) mass is 240 g/mol. The smallest absolute Gasteiger partial charge is 0.0557 e. The van der Waals surface area contributed by atoms with Gasteiger partial charge in [0.2, 0.25) is 0 Å². The van der Waals surface area contributed by atoms with Gasteiger partial charge in [0.15, 0.2) is 0 Å². The number of hydrogen-bond donors (Lipinski definition) is 1. The Morgan fingerprint density at radius 1 is 1.29 bits per heavy atom. The van der Waals surface area contributed by atoms with Gasteiger partial charge in [-0.25, -0.2) is 0 Å². The molecule has 0 aromatic heterocycles. The quantitative estimate of drug-likeness (QED) is 0.762. The molecule has 3 saturated heterocycles. The van der Waals surface area contributed by atoms with Crippen LogP contribution in [0.3, 0.4) is 0 Å². The number of fused-ring (bicyclic) bond motifs is 1. The van der Waals surface area contributed by atoms with Crippen LogP contribution in [0, 0.1) is 5.41 Å². The number of ether oxygens (including phenoxy) is 1. The summed E-state index contributed by atoms with van der Waals surface area (Å²) in [5.74, 6) is 0. The lowest BCUT2D eigenvalue weighted by molar-refractivity contribution is 0.0264. The fourth-order valence-corrected chi connectivity index (χ4v) is 3.62. The van der Waals surface area contributed by atoms with Gasteiger partial charge in [-0.15, -0.1) is 0 Å². The van der Waals surface area contributed by atoms with Crippen LogP contribution >= 0.6 is 0 Å². The maximum absolute atomic E-state index is 9.62. The Labute approximate surface area is 104 Å². The van der Waals surface area contributed by atoms with Crippen LogP contribution in [0.25, 0.3) is 0 Å². The molecule has 0 saturated carbocycles. The lowest BCUT2D eigenvalue weighted by Gasteiger charge is -2.41. The van der Waals surface area contributed by atoms with Crippen molar-refractivity contribution in [2.24, 2.45) is 5.41 Å². The molecular formula is C13H24N2O2. The Kier molecular flexibility index (Phi) is 3.39. The molecule has 0 amide bonds. The van der Waals surface area contributed by atoms with Crippen molar-refractivity contribution >= 4 is 0 Å². The van der Waals surface area contributed by atoms with Gasteiger partial charge in [0, 0.05) is 44.2 Å². The fourth-order valence-electron chi connectivity index (χ4n) is 3.62. The van der Waals surface area contributed by atoms with Gasteiger partial charge < -0.3 is 9.84 Å². The molecule has 98 valence electrons. The Morgan fingerprint density at radius 2 is 2.24 bits per heavy atom. The second kappa shape index (κ2) is 4.84. The van der Waals surface area contributed by atoms with E-state index in [2.05, 4.69) is 9.80 Å². The maximum atomic E-state index is 9.62. The van der Waals surface area contributed by atoms with E-state index in [9.17, 15) is 5.11 Å². The predicted octanol–water partition coefficient (Wildman–Crippen LogP) is 0.165. The van der Waals surface area contributed by atoms with Gasteiger partial charge in [-0.3, -0.25) is 9.80 Å². The van der Waals surface area contributed by atoms with Crippen LogP contribution in [-0.2, 0) is 4.74 Å². The standard InChI is InChI=1S/C13H24N2O2/c16-10-13(3-7-17-11-13)9-14-5-6-15-4-1-2-12(15)8-14/h12,16H,1-11H2. The van der Waals surface area contributed by atoms with Crippen LogP contribution in [0.5, 0.6) is 0 Å². The number of piperazine rings is 1. The zero-order valence-electron chi connectivity index (χ0n) is 10.6. The summed E-state index contributed by atoms with van der Waals surface area (Å²) in [6.07, 6.45) is 3.75. The lowest BCUT2D eigenvalue weighted by atomic mass is 9.87. The molecule has 0 spiro atoms. The van der Waals surface area contributed by atoms with Gasteiger partial charge in [-0.2, -0.15) is 0 Å². The number of rotatable bonds is 3. The predicted molar refractivity (Wildman–Crippen MR) is 66.0 cm³/mol. The molecule has 0 aromatic carbocycles. The minimum atomic E-state index is 0.0285. The van der Waals surface area contributed by atoms with Gasteiger partial charge in [0.25, 0.3) is 0 Å². The van der Waals surface area contributed by atoms with Crippen molar-refractivity contribution in [3.8, 4) is 0 Å². The van der Waals surface area contributed by atoms with E-state index in [0.29, 0.717) is 0 Å². The third kappa shape index (κ3) is 2.36. The molecule has 4 nitrogen and oxygen atoms in total. The van der Waals surface area contributed by atoms with E-state index < -0.39 is 0 Å². The molecule has 0 bridgehead atoms. The van der Waals surface area contributed by atoms with Crippen LogP contribution in [0.4, 0.5) is 0 Å². The average Bonchev–Trinajstić information content (AvgIpc) is 2.97. The zero-order valence-corrected chi connectivity index (χ0v) is 10.6. The highest BCUT2D eigenvalue weighted by atomic mass is 16.5. The summed E-state index contributed by atoms with van der Waals surface area (Å²) >= 11 is 0. The highest BCUT2D eigenvalue weighted by Crippen LogP contribution is 2.31. The Hall–Kier alpha value is -0.160. The van der Waals surface area contributed by atoms with Crippen molar-refractivity contribution in [1.29, 1.82) is 0 Å². The van der Waals surface area contributed by atoms with Gasteiger partial charge in [-0.05, 0) is 25.8 Å². The van der Waals surface area contributed by atoms with Crippen LogP contribution < -0.4 is 0 Å². The van der Waals surface area contributed by atoms with E-state index in [4.69, 9.17) is 4.74 Å². The number of aliphatic hydroxyl groups excluding tert-OH is 1. The lowest BCUT2D eigenvalue weighted by Crippen LogP contribution is -2.53. The van der Waals surface area contributed by atoms with E-state index in [1.165, 1.54) is 32.5 Å². The average molecular weight is 240 g/mol. The molecule has 3 heterocycles. The van der Waals surface area contributed by atoms with E-state index in [-0.39, 0.29) is 12.0 Å². The van der Waals surface area contributed by atoms with Crippen molar-refractivity contribution in [3.05, 3.63) is 0 Å². The summed E-state index contributed by atoms with van der Waals surface area (Å²) in [7, 11) is 0. The van der Waals surface area contributed by atoms with Crippen molar-refractivity contribution in [1.82, 2.24) is 9.80 Å². The summed E-state index contributed by atoms with van der Waals surface area (Å²) in [4.78, 5) is 5.19. The molecule has 2 unspecified atom stereocenters. The van der Waals surface area contributed by atoms with Crippen LogP contribution in [0.2, 0.25) is 0 Å². The van der Waals surface area contributed by atoms with Crippen molar-refractivity contribution in [2.45, 2.75) is 25.3 Å². The van der Waals surface area contributed by atoms with Gasteiger partial charge >= 0.3 is 0 Å². The first-order valence-electron chi connectivity index (χ1n) is 6.96. The van der Waals surface area contributed by atoms with Crippen LogP contribution in [0.1, 0.15) is 19.3 Å². The number of hydrogen-bond acceptors (Lipinski definition) is 4. The number of nitrogens with zero attached hydrogens (tertiary/aromatic N) is 2. The zero-order chi connectivity index (χ0) is 11.7. The van der Waals surface area contributed by atoms with Crippen molar-refractivity contribution in [3.63, 3.8) is 0 Å². The highest BCUT2D eigenvalue weighted by Gasteiger charge is 2.38. The molecule has 17 heavy (non-hydrogen) atoms. The van der Waals surface area contributed by atoms with Gasteiger partial charge in [0.05, 0.1) is 13.2 Å². The Balaban J connectivity index is 1.58. The van der Waals surface area contributed by atoms with E-state index in [1.807, 2.05) is 0 Å². The minimum absolute atomic E-state index is 0.0285. The van der Waals surface area contributed by atoms with Crippen LogP contribution in [0.15, 0.2) is 0 Å². The highest BCUT2D eigenvalue weighted by molar-refractivity contribution is 4.91. The molecule has 3 fully saturated rings. The van der Waals surface area contributed by atoms with E-state index in [1.54, 1.807) is 0 Å². The van der Waals surface area contributed by atoms with Crippen LogP contribution in [-0.4, -0.2) is 73.5 Å². The first kappa shape index (κ1) is 11.9. The molecule has 3 rings (SSSR count). The van der Waals surface area contributed by atoms with E-state index >= 15 is 0 Å². The second-order valence-electron chi connectivity index (χ2n) is 6.03. The SMILES string of the molecule is OCC1(CN2CCN3CCCC3C2)CCOC1. The number of aliphatic hydroxyl groups is 1. The summed E-state index contributed by atoms with van der Waals surface area (Å²) in [5, 5.41) is 9.62. The minimum Gasteiger partial charge on any atom is -0.396 e. The normalized spacial score (nSPS) is 39.7. The fraction of sp³-hybridized carbons (Fsp3) is 1.00.